The first-order valence-corrected chi connectivity index (χ1v) is 7.73. The Morgan fingerprint density at radius 2 is 2.14 bits per heavy atom. The number of fused-ring (bicyclic) bond motifs is 1. The fourth-order valence-electron chi connectivity index (χ4n) is 2.52. The van der Waals surface area contributed by atoms with Crippen molar-refractivity contribution in [1.82, 2.24) is 14.8 Å². The second-order valence-corrected chi connectivity index (χ2v) is 7.55. The van der Waals surface area contributed by atoms with E-state index >= 15 is 0 Å². The number of carbonyl (C=O) groups is 1. The molecular formula is C15H18N4OS. The van der Waals surface area contributed by atoms with Gasteiger partial charge in [0.1, 0.15) is 18.7 Å². The largest absolute Gasteiger partial charge is 0.308 e. The first-order valence-electron chi connectivity index (χ1n) is 6.91. The molecule has 0 aliphatic carbocycles. The first-order chi connectivity index (χ1) is 9.98. The number of rotatable bonds is 2. The summed E-state index contributed by atoms with van der Waals surface area (Å²) in [6, 6.07) is 7.69. The molecule has 1 aromatic heterocycles. The maximum Gasteiger partial charge on any atom is 0.251 e. The topological polar surface area (TPSA) is 51.0 Å². The van der Waals surface area contributed by atoms with Crippen LogP contribution in [0, 0.1) is 0 Å². The van der Waals surface area contributed by atoms with Gasteiger partial charge in [-0.1, -0.05) is 12.1 Å². The number of thioether (sulfide) groups is 1. The summed E-state index contributed by atoms with van der Waals surface area (Å²) in [4.78, 5) is 19.8. The molecule has 21 heavy (non-hydrogen) atoms. The molecule has 110 valence electrons. The lowest BCUT2D eigenvalue weighted by atomic mass is 10.1. The van der Waals surface area contributed by atoms with Crippen molar-refractivity contribution in [2.75, 3.05) is 11.4 Å². The first kappa shape index (κ1) is 14.1. The Kier molecular flexibility index (Phi) is 3.49. The molecular weight excluding hydrogens is 284 g/mol. The number of hydrogen-bond acceptors (Lipinski definition) is 4. The number of benzene rings is 1. The molecule has 0 saturated heterocycles. The van der Waals surface area contributed by atoms with Crippen LogP contribution in [0.5, 0.6) is 0 Å². The zero-order chi connectivity index (χ0) is 15.0. The van der Waals surface area contributed by atoms with Crippen LogP contribution < -0.4 is 4.90 Å². The summed E-state index contributed by atoms with van der Waals surface area (Å²) in [5, 5.41) is 4.08. The maximum absolute atomic E-state index is 12.9. The van der Waals surface area contributed by atoms with Gasteiger partial charge in [-0.2, -0.15) is 5.10 Å². The third-order valence-corrected chi connectivity index (χ3v) is 4.78. The van der Waals surface area contributed by atoms with E-state index in [0.717, 1.165) is 10.6 Å². The predicted molar refractivity (Wildman–Crippen MR) is 83.5 cm³/mol. The van der Waals surface area contributed by atoms with Crippen molar-refractivity contribution in [2.24, 2.45) is 0 Å². The van der Waals surface area contributed by atoms with E-state index in [1.165, 1.54) is 6.33 Å². The maximum atomic E-state index is 12.9. The van der Waals surface area contributed by atoms with Gasteiger partial charge >= 0.3 is 0 Å². The van der Waals surface area contributed by atoms with Gasteiger partial charge in [-0.05, 0) is 32.9 Å². The van der Waals surface area contributed by atoms with Crippen molar-refractivity contribution >= 4 is 23.4 Å². The summed E-state index contributed by atoms with van der Waals surface area (Å²) in [5.41, 5.74) is 0.985. The number of nitrogens with zero attached hydrogens (tertiary/aromatic N) is 4. The van der Waals surface area contributed by atoms with Crippen LogP contribution in [0.3, 0.4) is 0 Å². The molecule has 0 radical (unpaired) electrons. The van der Waals surface area contributed by atoms with Gasteiger partial charge in [-0.15, -0.1) is 11.8 Å². The Hall–Kier alpha value is -1.82. The van der Waals surface area contributed by atoms with E-state index in [0.29, 0.717) is 6.54 Å². The van der Waals surface area contributed by atoms with Gasteiger partial charge in [0, 0.05) is 16.2 Å². The van der Waals surface area contributed by atoms with Gasteiger partial charge in [-0.3, -0.25) is 4.79 Å². The Labute approximate surface area is 128 Å². The van der Waals surface area contributed by atoms with Crippen molar-refractivity contribution in [3.8, 4) is 0 Å². The number of para-hydroxylation sites is 1. The molecule has 5 nitrogen and oxygen atoms in total. The van der Waals surface area contributed by atoms with Gasteiger partial charge in [0.05, 0.1) is 5.69 Å². The zero-order valence-corrected chi connectivity index (χ0v) is 13.2. The van der Waals surface area contributed by atoms with Crippen molar-refractivity contribution in [3.05, 3.63) is 36.9 Å². The van der Waals surface area contributed by atoms with Gasteiger partial charge in [0.25, 0.3) is 5.91 Å². The van der Waals surface area contributed by atoms with Crippen LogP contribution in [0.25, 0.3) is 0 Å². The fourth-order valence-corrected chi connectivity index (χ4v) is 3.73. The van der Waals surface area contributed by atoms with E-state index in [-0.39, 0.29) is 16.7 Å². The minimum Gasteiger partial charge on any atom is -0.308 e. The second kappa shape index (κ2) is 5.18. The molecule has 0 fully saturated rings. The number of aromatic nitrogens is 3. The van der Waals surface area contributed by atoms with Crippen molar-refractivity contribution < 1.29 is 4.79 Å². The van der Waals surface area contributed by atoms with Gasteiger partial charge in [-0.25, -0.2) is 9.67 Å². The lowest BCUT2D eigenvalue weighted by molar-refractivity contribution is -0.121. The summed E-state index contributed by atoms with van der Waals surface area (Å²) < 4.78 is 1.59. The van der Waals surface area contributed by atoms with Gasteiger partial charge in [0.2, 0.25) is 0 Å². The zero-order valence-electron chi connectivity index (χ0n) is 12.4. The van der Waals surface area contributed by atoms with Gasteiger partial charge < -0.3 is 4.90 Å². The lowest BCUT2D eigenvalue weighted by Gasteiger charge is -2.39. The third kappa shape index (κ3) is 2.68. The van der Waals surface area contributed by atoms with Crippen molar-refractivity contribution in [3.63, 3.8) is 0 Å². The molecule has 0 spiro atoms. The highest BCUT2D eigenvalue weighted by Gasteiger charge is 2.35. The van der Waals surface area contributed by atoms with Crippen LogP contribution in [0.4, 0.5) is 5.69 Å². The van der Waals surface area contributed by atoms with Crippen LogP contribution in [-0.4, -0.2) is 32.0 Å². The second-order valence-electron chi connectivity index (χ2n) is 5.81. The molecule has 1 aromatic carbocycles. The number of hydrogen-bond donors (Lipinski definition) is 0. The third-order valence-electron chi connectivity index (χ3n) is 3.54. The van der Waals surface area contributed by atoms with E-state index in [9.17, 15) is 4.79 Å². The molecule has 0 bridgehead atoms. The lowest BCUT2D eigenvalue weighted by Crippen LogP contribution is -2.46. The molecule has 0 N–H and O–H groups in total. The van der Waals surface area contributed by atoms with Crippen molar-refractivity contribution in [2.45, 2.75) is 36.5 Å². The Bertz CT molecular complexity index is 653. The van der Waals surface area contributed by atoms with Crippen LogP contribution in [-0.2, 0) is 4.79 Å². The van der Waals surface area contributed by atoms with Crippen LogP contribution in [0.15, 0.2) is 41.8 Å². The van der Waals surface area contributed by atoms with Crippen LogP contribution in [0.2, 0.25) is 0 Å². The van der Waals surface area contributed by atoms with E-state index < -0.39 is 0 Å². The molecule has 1 atom stereocenters. The quantitative estimate of drug-likeness (QED) is 0.856. The smallest absolute Gasteiger partial charge is 0.251 e. The van der Waals surface area contributed by atoms with Crippen molar-refractivity contribution in [1.29, 1.82) is 0 Å². The van der Waals surface area contributed by atoms with Crippen LogP contribution in [0.1, 0.15) is 26.8 Å². The molecule has 0 unspecified atom stereocenters. The Morgan fingerprint density at radius 1 is 1.38 bits per heavy atom. The predicted octanol–water partition coefficient (Wildman–Crippen LogP) is 2.76. The highest BCUT2D eigenvalue weighted by atomic mass is 32.2. The Morgan fingerprint density at radius 3 is 2.86 bits per heavy atom. The summed E-state index contributed by atoms with van der Waals surface area (Å²) >= 11 is 1.82. The monoisotopic (exact) mass is 302 g/mol. The normalized spacial score (nSPS) is 18.1. The van der Waals surface area contributed by atoms with E-state index in [1.807, 2.05) is 41.8 Å². The number of carbonyl (C=O) groups excluding carboxylic acids is 1. The highest BCUT2D eigenvalue weighted by molar-refractivity contribution is 8.00. The molecule has 1 aliphatic rings. The number of anilines is 1. The summed E-state index contributed by atoms with van der Waals surface area (Å²) in [7, 11) is 0. The van der Waals surface area contributed by atoms with E-state index in [2.05, 4.69) is 30.0 Å². The van der Waals surface area contributed by atoms with Gasteiger partial charge in [0.15, 0.2) is 0 Å². The highest BCUT2D eigenvalue weighted by Crippen LogP contribution is 2.44. The molecule has 1 amide bonds. The van der Waals surface area contributed by atoms with Crippen LogP contribution >= 0.6 is 11.8 Å². The SMILES string of the molecule is C[C@@H](C(=O)N1CC(C)(C)Sc2ccccc21)n1cncn1. The molecule has 6 heteroatoms. The average Bonchev–Trinajstić information content (AvgIpc) is 2.98. The van der Waals surface area contributed by atoms with E-state index in [4.69, 9.17) is 0 Å². The fraction of sp³-hybridized carbons (Fsp3) is 0.400. The molecule has 1 aliphatic heterocycles. The number of amides is 1. The molecule has 0 saturated carbocycles. The molecule has 2 aromatic rings. The molecule has 2 heterocycles. The summed E-state index contributed by atoms with van der Waals surface area (Å²) in [6.45, 7) is 6.86. The standard InChI is InChI=1S/C15H18N4OS/c1-11(19-10-16-9-17-19)14(20)18-8-15(2,3)21-13-7-5-4-6-12(13)18/h4-7,9-11H,8H2,1-3H3/t11-/m0/s1. The summed E-state index contributed by atoms with van der Waals surface area (Å²) in [6.07, 6.45) is 3.03. The molecule has 3 rings (SSSR count). The van der Waals surface area contributed by atoms with E-state index in [1.54, 1.807) is 11.0 Å². The minimum atomic E-state index is -0.362. The average molecular weight is 302 g/mol. The Balaban J connectivity index is 1.96. The summed E-state index contributed by atoms with van der Waals surface area (Å²) in [5.74, 6) is 0.0429. The minimum absolute atomic E-state index is 0.00784.